The van der Waals surface area contributed by atoms with Gasteiger partial charge in [0.25, 0.3) is 0 Å². The Kier molecular flexibility index (Phi) is 8.18. The van der Waals surface area contributed by atoms with E-state index in [2.05, 4.69) is 20.6 Å². The number of hydrogen-bond acceptors (Lipinski definition) is 4. The summed E-state index contributed by atoms with van der Waals surface area (Å²) in [5.41, 5.74) is 0. The van der Waals surface area contributed by atoms with Gasteiger partial charge in [-0.2, -0.15) is 0 Å². The molecule has 7 heteroatoms. The van der Waals surface area contributed by atoms with Crippen molar-refractivity contribution in [3.05, 3.63) is 24.5 Å². The fourth-order valence-electron chi connectivity index (χ4n) is 2.88. The number of nitrogens with one attached hydrogen (secondary N) is 2. The molecule has 0 saturated carbocycles. The van der Waals surface area contributed by atoms with Crippen LogP contribution < -0.4 is 15.4 Å². The number of guanidine groups is 1. The number of likely N-dealkylation sites (tertiary alicyclic amines) is 1. The summed E-state index contributed by atoms with van der Waals surface area (Å²) in [6.45, 7) is 9.44. The zero-order valence-corrected chi connectivity index (χ0v) is 16.1. The molecule has 1 aliphatic rings. The number of pyridine rings is 1. The molecule has 0 radical (unpaired) electrons. The number of carbonyl (C=O) groups is 1. The number of carbonyl (C=O) groups excluding carboxylic acids is 1. The van der Waals surface area contributed by atoms with Crippen LogP contribution in [0.25, 0.3) is 0 Å². The second-order valence-corrected chi connectivity index (χ2v) is 6.70. The number of piperidine rings is 1. The highest BCUT2D eigenvalue weighted by atomic mass is 16.5. The smallest absolute Gasteiger partial charge is 0.225 e. The van der Waals surface area contributed by atoms with Crippen molar-refractivity contribution >= 4 is 11.9 Å². The van der Waals surface area contributed by atoms with Gasteiger partial charge >= 0.3 is 0 Å². The number of aliphatic imine (C=N–C) groups is 1. The fraction of sp³-hybridized carbons (Fsp3) is 0.632. The second kappa shape index (κ2) is 10.6. The molecule has 1 aromatic heterocycles. The van der Waals surface area contributed by atoms with Crippen LogP contribution in [0, 0.1) is 5.92 Å². The van der Waals surface area contributed by atoms with Gasteiger partial charge in [0.15, 0.2) is 5.96 Å². The third-order valence-corrected chi connectivity index (χ3v) is 4.25. The minimum atomic E-state index is 0.0678. The zero-order valence-electron chi connectivity index (χ0n) is 16.1. The first-order valence-corrected chi connectivity index (χ1v) is 9.46. The van der Waals surface area contributed by atoms with E-state index in [-0.39, 0.29) is 11.8 Å². The highest BCUT2D eigenvalue weighted by molar-refractivity contribution is 5.80. The normalized spacial score (nSPS) is 15.8. The molecule has 0 bridgehead atoms. The lowest BCUT2D eigenvalue weighted by molar-refractivity contribution is -0.135. The topological polar surface area (TPSA) is 78.9 Å². The number of nitrogens with zero attached hydrogens (tertiary/aromatic N) is 3. The molecule has 0 unspecified atom stereocenters. The molecule has 1 amide bonds. The Morgan fingerprint density at radius 3 is 2.81 bits per heavy atom. The van der Waals surface area contributed by atoms with Crippen LogP contribution in [0.1, 0.15) is 33.6 Å². The monoisotopic (exact) mass is 361 g/mol. The van der Waals surface area contributed by atoms with E-state index in [1.54, 1.807) is 12.4 Å². The van der Waals surface area contributed by atoms with Crippen LogP contribution in [-0.2, 0) is 4.79 Å². The van der Waals surface area contributed by atoms with E-state index in [0.29, 0.717) is 19.2 Å². The first-order chi connectivity index (χ1) is 12.6. The van der Waals surface area contributed by atoms with E-state index in [1.165, 1.54) is 0 Å². The van der Waals surface area contributed by atoms with Crippen molar-refractivity contribution in [1.82, 2.24) is 20.5 Å². The van der Waals surface area contributed by atoms with Crippen LogP contribution in [0.15, 0.2) is 29.5 Å². The van der Waals surface area contributed by atoms with Gasteiger partial charge in [0.05, 0.1) is 12.7 Å². The van der Waals surface area contributed by atoms with Gasteiger partial charge < -0.3 is 20.3 Å². The minimum Gasteiger partial charge on any atom is -0.490 e. The SMILES string of the molecule is CCNC(=NCCOc1cccnc1)NC1CCN(C(=O)C(C)C)CC1. The highest BCUT2D eigenvalue weighted by Gasteiger charge is 2.24. The average molecular weight is 361 g/mol. The Morgan fingerprint density at radius 1 is 1.42 bits per heavy atom. The molecule has 1 fully saturated rings. The summed E-state index contributed by atoms with van der Waals surface area (Å²) in [5.74, 6) is 1.87. The second-order valence-electron chi connectivity index (χ2n) is 6.70. The Labute approximate surface area is 156 Å². The molecule has 7 nitrogen and oxygen atoms in total. The summed E-state index contributed by atoms with van der Waals surface area (Å²) >= 11 is 0. The van der Waals surface area contributed by atoms with Crippen molar-refractivity contribution in [1.29, 1.82) is 0 Å². The Balaban J connectivity index is 1.76. The van der Waals surface area contributed by atoms with E-state index in [0.717, 1.165) is 44.2 Å². The van der Waals surface area contributed by atoms with Crippen molar-refractivity contribution in [2.45, 2.75) is 39.7 Å². The molecule has 144 valence electrons. The molecule has 2 heterocycles. The molecule has 0 aromatic carbocycles. The number of rotatable bonds is 7. The summed E-state index contributed by atoms with van der Waals surface area (Å²) in [4.78, 5) is 22.6. The largest absolute Gasteiger partial charge is 0.490 e. The Morgan fingerprint density at radius 2 is 2.19 bits per heavy atom. The van der Waals surface area contributed by atoms with E-state index >= 15 is 0 Å². The van der Waals surface area contributed by atoms with E-state index in [1.807, 2.05) is 37.8 Å². The molecule has 0 spiro atoms. The highest BCUT2D eigenvalue weighted by Crippen LogP contribution is 2.13. The average Bonchev–Trinajstić information content (AvgIpc) is 2.66. The van der Waals surface area contributed by atoms with Crippen LogP contribution in [0.2, 0.25) is 0 Å². The van der Waals surface area contributed by atoms with Crippen molar-refractivity contribution in [3.8, 4) is 5.75 Å². The predicted octanol–water partition coefficient (Wildman–Crippen LogP) is 1.66. The van der Waals surface area contributed by atoms with Crippen molar-refractivity contribution in [2.75, 3.05) is 32.8 Å². The lowest BCUT2D eigenvalue weighted by atomic mass is 10.0. The van der Waals surface area contributed by atoms with Gasteiger partial charge in [-0.15, -0.1) is 0 Å². The molecule has 2 N–H and O–H groups in total. The molecule has 26 heavy (non-hydrogen) atoms. The molecule has 0 atom stereocenters. The molecule has 0 aliphatic carbocycles. The summed E-state index contributed by atoms with van der Waals surface area (Å²) in [6.07, 6.45) is 5.29. The third-order valence-electron chi connectivity index (χ3n) is 4.25. The van der Waals surface area contributed by atoms with Crippen molar-refractivity contribution in [3.63, 3.8) is 0 Å². The van der Waals surface area contributed by atoms with Gasteiger partial charge in [-0.05, 0) is 31.9 Å². The molecule has 2 rings (SSSR count). The fourth-order valence-corrected chi connectivity index (χ4v) is 2.88. The van der Waals surface area contributed by atoms with Gasteiger partial charge in [-0.1, -0.05) is 13.8 Å². The van der Waals surface area contributed by atoms with Gasteiger partial charge in [0.1, 0.15) is 12.4 Å². The maximum Gasteiger partial charge on any atom is 0.225 e. The summed E-state index contributed by atoms with van der Waals surface area (Å²) in [6, 6.07) is 4.07. The first-order valence-electron chi connectivity index (χ1n) is 9.46. The standard InChI is InChI=1S/C19H31N5O2/c1-4-21-19(22-10-13-26-17-6-5-9-20-14-17)23-16-7-11-24(12-8-16)18(25)15(2)3/h5-6,9,14-16H,4,7-8,10-13H2,1-3H3,(H2,21,22,23). The lowest BCUT2D eigenvalue weighted by Gasteiger charge is -2.34. The Bertz CT molecular complexity index is 569. The zero-order chi connectivity index (χ0) is 18.8. The van der Waals surface area contributed by atoms with E-state index < -0.39 is 0 Å². The number of aromatic nitrogens is 1. The number of amides is 1. The van der Waals surface area contributed by atoms with E-state index in [4.69, 9.17) is 4.74 Å². The maximum atomic E-state index is 12.1. The quantitative estimate of drug-likeness (QED) is 0.439. The molecule has 1 saturated heterocycles. The van der Waals surface area contributed by atoms with Crippen LogP contribution in [-0.4, -0.2) is 60.6 Å². The number of ether oxygens (including phenoxy) is 1. The summed E-state index contributed by atoms with van der Waals surface area (Å²) in [7, 11) is 0. The molecule has 1 aromatic rings. The van der Waals surface area contributed by atoms with Gasteiger partial charge in [0.2, 0.25) is 5.91 Å². The lowest BCUT2D eigenvalue weighted by Crippen LogP contribution is -2.50. The summed E-state index contributed by atoms with van der Waals surface area (Å²) < 4.78 is 5.62. The van der Waals surface area contributed by atoms with Gasteiger partial charge in [-0.25, -0.2) is 4.99 Å². The first kappa shape index (κ1) is 20.0. The minimum absolute atomic E-state index is 0.0678. The van der Waals surface area contributed by atoms with Crippen LogP contribution in [0.4, 0.5) is 0 Å². The van der Waals surface area contributed by atoms with Crippen molar-refractivity contribution < 1.29 is 9.53 Å². The van der Waals surface area contributed by atoms with Crippen LogP contribution >= 0.6 is 0 Å². The molecular weight excluding hydrogens is 330 g/mol. The third kappa shape index (κ3) is 6.54. The number of hydrogen-bond donors (Lipinski definition) is 2. The molecule has 1 aliphatic heterocycles. The molecular formula is C19H31N5O2. The van der Waals surface area contributed by atoms with Crippen LogP contribution in [0.3, 0.4) is 0 Å². The van der Waals surface area contributed by atoms with Crippen molar-refractivity contribution in [2.24, 2.45) is 10.9 Å². The maximum absolute atomic E-state index is 12.1. The van der Waals surface area contributed by atoms with E-state index in [9.17, 15) is 4.79 Å². The summed E-state index contributed by atoms with van der Waals surface area (Å²) in [5, 5.41) is 6.75. The van der Waals surface area contributed by atoms with Gasteiger partial charge in [-0.3, -0.25) is 9.78 Å². The Hall–Kier alpha value is -2.31. The van der Waals surface area contributed by atoms with Crippen LogP contribution in [0.5, 0.6) is 5.75 Å². The predicted molar refractivity (Wildman–Crippen MR) is 103 cm³/mol. The van der Waals surface area contributed by atoms with Gasteiger partial charge in [0, 0.05) is 37.8 Å².